The molecule has 0 atom stereocenters. The summed E-state index contributed by atoms with van der Waals surface area (Å²) in [6, 6.07) is 1.82. The second-order valence-electron chi connectivity index (χ2n) is 3.97. The third-order valence-electron chi connectivity index (χ3n) is 2.55. The molecule has 6 heteroatoms. The summed E-state index contributed by atoms with van der Waals surface area (Å²) in [6.45, 7) is 5.60. The molecule has 6 nitrogen and oxygen atoms in total. The van der Waals surface area contributed by atoms with Crippen molar-refractivity contribution >= 4 is 11.6 Å². The third kappa shape index (κ3) is 2.97. The van der Waals surface area contributed by atoms with E-state index in [1.165, 1.54) is 0 Å². The van der Waals surface area contributed by atoms with Gasteiger partial charge in [0, 0.05) is 18.2 Å². The van der Waals surface area contributed by atoms with Gasteiger partial charge in [-0.1, -0.05) is 12.1 Å². The second kappa shape index (κ2) is 6.00. The van der Waals surface area contributed by atoms with Gasteiger partial charge in [0.25, 0.3) is 0 Å². The Morgan fingerprint density at radius 1 is 1.22 bits per heavy atom. The van der Waals surface area contributed by atoms with Crippen molar-refractivity contribution in [2.45, 2.75) is 26.8 Å². The normalized spacial score (nSPS) is 10.3. The van der Waals surface area contributed by atoms with Gasteiger partial charge in [-0.3, -0.25) is 0 Å². The lowest BCUT2D eigenvalue weighted by Crippen LogP contribution is -2.09. The summed E-state index contributed by atoms with van der Waals surface area (Å²) in [4.78, 5) is 8.45. The van der Waals surface area contributed by atoms with Crippen LogP contribution in [0.3, 0.4) is 0 Å². The van der Waals surface area contributed by atoms with E-state index in [0.29, 0.717) is 6.54 Å². The highest BCUT2D eigenvalue weighted by atomic mass is 16.5. The van der Waals surface area contributed by atoms with Crippen LogP contribution in [0.4, 0.5) is 11.6 Å². The Bertz CT molecular complexity index is 483. The van der Waals surface area contributed by atoms with Gasteiger partial charge in [0.15, 0.2) is 0 Å². The molecule has 0 amide bonds. The number of anilines is 2. The van der Waals surface area contributed by atoms with Crippen molar-refractivity contribution in [2.75, 3.05) is 17.2 Å². The standard InChI is InChI=1S/C12H17N5O/c1-3-5-13-11-9(2)12(16-8-15-11)14-7-10-4-6-18-17-10/h4,6,8H,3,5,7H2,1-2H3,(H2,13,14,15,16). The number of hydrogen-bond acceptors (Lipinski definition) is 6. The summed E-state index contributed by atoms with van der Waals surface area (Å²) in [5, 5.41) is 10.3. The summed E-state index contributed by atoms with van der Waals surface area (Å²) in [6.07, 6.45) is 4.17. The first-order valence-electron chi connectivity index (χ1n) is 6.00. The first kappa shape index (κ1) is 12.3. The molecule has 0 bridgehead atoms. The summed E-state index contributed by atoms with van der Waals surface area (Å²) >= 11 is 0. The van der Waals surface area contributed by atoms with E-state index in [1.54, 1.807) is 12.6 Å². The molecular weight excluding hydrogens is 230 g/mol. The van der Waals surface area contributed by atoms with E-state index in [-0.39, 0.29) is 0 Å². The lowest BCUT2D eigenvalue weighted by molar-refractivity contribution is 0.412. The van der Waals surface area contributed by atoms with E-state index in [1.807, 2.05) is 13.0 Å². The van der Waals surface area contributed by atoms with Gasteiger partial charge >= 0.3 is 0 Å². The van der Waals surface area contributed by atoms with Crippen molar-refractivity contribution in [1.29, 1.82) is 0 Å². The molecule has 0 aliphatic heterocycles. The molecule has 0 aliphatic carbocycles. The first-order valence-corrected chi connectivity index (χ1v) is 6.00. The number of aromatic nitrogens is 3. The SMILES string of the molecule is CCCNc1ncnc(NCc2ccon2)c1C. The van der Waals surface area contributed by atoms with E-state index in [9.17, 15) is 0 Å². The quantitative estimate of drug-likeness (QED) is 0.815. The molecule has 2 N–H and O–H groups in total. The van der Waals surface area contributed by atoms with E-state index in [0.717, 1.165) is 35.9 Å². The minimum Gasteiger partial charge on any atom is -0.370 e. The molecule has 0 unspecified atom stereocenters. The summed E-state index contributed by atoms with van der Waals surface area (Å²) in [5.41, 5.74) is 1.85. The lowest BCUT2D eigenvalue weighted by Gasteiger charge is -2.11. The van der Waals surface area contributed by atoms with Gasteiger partial charge in [-0.25, -0.2) is 9.97 Å². The Morgan fingerprint density at radius 2 is 2.00 bits per heavy atom. The Kier molecular flexibility index (Phi) is 4.11. The first-order chi connectivity index (χ1) is 8.81. The van der Waals surface area contributed by atoms with Gasteiger partial charge in [-0.2, -0.15) is 0 Å². The Balaban J connectivity index is 2.03. The number of rotatable bonds is 6. The van der Waals surface area contributed by atoms with Crippen LogP contribution in [0.25, 0.3) is 0 Å². The summed E-state index contributed by atoms with van der Waals surface area (Å²) in [5.74, 6) is 1.68. The van der Waals surface area contributed by atoms with Crippen molar-refractivity contribution in [3.8, 4) is 0 Å². The van der Waals surface area contributed by atoms with Crippen molar-refractivity contribution in [1.82, 2.24) is 15.1 Å². The summed E-state index contributed by atoms with van der Waals surface area (Å²) < 4.78 is 4.77. The van der Waals surface area contributed by atoms with Crippen molar-refractivity contribution in [2.24, 2.45) is 0 Å². The molecule has 0 fully saturated rings. The maximum Gasteiger partial charge on any atom is 0.134 e. The Labute approximate surface area is 106 Å². The molecule has 0 spiro atoms. The third-order valence-corrected chi connectivity index (χ3v) is 2.55. The highest BCUT2D eigenvalue weighted by molar-refractivity contribution is 5.56. The zero-order chi connectivity index (χ0) is 12.8. The number of hydrogen-bond donors (Lipinski definition) is 2. The molecule has 2 aromatic heterocycles. The van der Waals surface area contributed by atoms with Gasteiger partial charge in [-0.05, 0) is 13.3 Å². The van der Waals surface area contributed by atoms with Crippen LogP contribution >= 0.6 is 0 Å². The number of nitrogens with zero attached hydrogens (tertiary/aromatic N) is 3. The van der Waals surface area contributed by atoms with E-state index < -0.39 is 0 Å². The molecule has 2 heterocycles. The minimum atomic E-state index is 0.585. The average Bonchev–Trinajstić information content (AvgIpc) is 2.89. The zero-order valence-electron chi connectivity index (χ0n) is 10.6. The molecule has 2 rings (SSSR count). The van der Waals surface area contributed by atoms with Gasteiger partial charge in [0.1, 0.15) is 29.9 Å². The smallest absolute Gasteiger partial charge is 0.134 e. The number of nitrogens with one attached hydrogen (secondary N) is 2. The molecule has 2 aromatic rings. The van der Waals surface area contributed by atoms with E-state index in [4.69, 9.17) is 4.52 Å². The molecule has 0 aliphatic rings. The zero-order valence-corrected chi connectivity index (χ0v) is 10.6. The maximum absolute atomic E-state index is 4.77. The molecule has 96 valence electrons. The Morgan fingerprint density at radius 3 is 2.67 bits per heavy atom. The van der Waals surface area contributed by atoms with Crippen LogP contribution < -0.4 is 10.6 Å². The van der Waals surface area contributed by atoms with Gasteiger partial charge in [0.2, 0.25) is 0 Å². The van der Waals surface area contributed by atoms with Gasteiger partial charge in [0.05, 0.1) is 6.54 Å². The summed E-state index contributed by atoms with van der Waals surface area (Å²) in [7, 11) is 0. The van der Waals surface area contributed by atoms with Crippen LogP contribution in [0, 0.1) is 6.92 Å². The fourth-order valence-electron chi connectivity index (χ4n) is 1.55. The Hall–Kier alpha value is -2.11. The highest BCUT2D eigenvalue weighted by Crippen LogP contribution is 2.18. The van der Waals surface area contributed by atoms with E-state index in [2.05, 4.69) is 32.7 Å². The van der Waals surface area contributed by atoms with Crippen LogP contribution in [-0.2, 0) is 6.54 Å². The average molecular weight is 247 g/mol. The molecule has 0 saturated carbocycles. The lowest BCUT2D eigenvalue weighted by atomic mass is 10.3. The maximum atomic E-state index is 4.77. The molecule has 0 radical (unpaired) electrons. The fraction of sp³-hybridized carbons (Fsp3) is 0.417. The van der Waals surface area contributed by atoms with Crippen LogP contribution in [0.2, 0.25) is 0 Å². The van der Waals surface area contributed by atoms with Crippen molar-refractivity contribution in [3.63, 3.8) is 0 Å². The van der Waals surface area contributed by atoms with Crippen molar-refractivity contribution < 1.29 is 4.52 Å². The predicted molar refractivity (Wildman–Crippen MR) is 69.4 cm³/mol. The minimum absolute atomic E-state index is 0.585. The second-order valence-corrected chi connectivity index (χ2v) is 3.97. The van der Waals surface area contributed by atoms with Crippen LogP contribution in [0.15, 0.2) is 23.2 Å². The molecule has 0 aromatic carbocycles. The van der Waals surface area contributed by atoms with Gasteiger partial charge in [-0.15, -0.1) is 0 Å². The molecular formula is C12H17N5O. The van der Waals surface area contributed by atoms with Gasteiger partial charge < -0.3 is 15.2 Å². The monoisotopic (exact) mass is 247 g/mol. The predicted octanol–water partition coefficient (Wildman–Crippen LogP) is 2.21. The fourth-order valence-corrected chi connectivity index (χ4v) is 1.55. The van der Waals surface area contributed by atoms with Crippen molar-refractivity contribution in [3.05, 3.63) is 29.9 Å². The van der Waals surface area contributed by atoms with Crippen LogP contribution in [0.1, 0.15) is 24.6 Å². The molecule has 18 heavy (non-hydrogen) atoms. The molecule has 0 saturated heterocycles. The highest BCUT2D eigenvalue weighted by Gasteiger charge is 2.06. The van der Waals surface area contributed by atoms with Crippen LogP contribution in [0.5, 0.6) is 0 Å². The topological polar surface area (TPSA) is 75.9 Å². The van der Waals surface area contributed by atoms with E-state index >= 15 is 0 Å². The largest absolute Gasteiger partial charge is 0.370 e. The van der Waals surface area contributed by atoms with Crippen LogP contribution in [-0.4, -0.2) is 21.7 Å².